The van der Waals surface area contributed by atoms with Crippen molar-refractivity contribution in [2.45, 2.75) is 23.5 Å². The Morgan fingerprint density at radius 1 is 1.29 bits per heavy atom. The van der Waals surface area contributed by atoms with Gasteiger partial charge in [0.05, 0.1) is 19.7 Å². The van der Waals surface area contributed by atoms with Gasteiger partial charge in [-0.15, -0.1) is 0 Å². The molecule has 1 saturated carbocycles. The summed E-state index contributed by atoms with van der Waals surface area (Å²) in [6.45, 7) is -1.95. The van der Waals surface area contributed by atoms with Crippen molar-refractivity contribution < 1.29 is 22.3 Å². The Bertz CT molecular complexity index is 342. The largest absolute Gasteiger partial charge is 0.395 e. The molecule has 0 unspecified atom stereocenters. The van der Waals surface area contributed by atoms with Gasteiger partial charge in [-0.1, -0.05) is 0 Å². The Morgan fingerprint density at radius 2 is 1.79 bits per heavy atom. The van der Waals surface area contributed by atoms with Gasteiger partial charge >= 0.3 is 0 Å². The number of halogens is 2. The molecule has 82 valence electrons. The van der Waals surface area contributed by atoms with Crippen LogP contribution in [0.25, 0.3) is 0 Å². The van der Waals surface area contributed by atoms with Crippen LogP contribution >= 0.6 is 0 Å². The molecule has 0 amide bonds. The second-order valence-corrected chi connectivity index (χ2v) is 6.30. The molecular weight excluding hydrogens is 216 g/mol. The SMILES string of the molecule is O=S(=O)(N1CC(F)(F)C1)C1(CO)CC1. The van der Waals surface area contributed by atoms with Gasteiger partial charge in [0.2, 0.25) is 10.0 Å². The second kappa shape index (κ2) is 2.65. The summed E-state index contributed by atoms with van der Waals surface area (Å²) in [5.74, 6) is -2.89. The molecule has 1 N–H and O–H groups in total. The van der Waals surface area contributed by atoms with E-state index in [9.17, 15) is 17.2 Å². The minimum absolute atomic E-state index is 0.369. The predicted molar refractivity (Wildman–Crippen MR) is 44.5 cm³/mol. The van der Waals surface area contributed by atoms with E-state index in [0.29, 0.717) is 12.8 Å². The third-order valence-electron chi connectivity index (χ3n) is 2.80. The van der Waals surface area contributed by atoms with Crippen molar-refractivity contribution >= 4 is 10.0 Å². The van der Waals surface area contributed by atoms with Gasteiger partial charge in [0.15, 0.2) is 0 Å². The molecule has 0 atom stereocenters. The molecule has 1 aliphatic carbocycles. The molecule has 7 heteroatoms. The lowest BCUT2D eigenvalue weighted by Crippen LogP contribution is -2.61. The number of rotatable bonds is 3. The predicted octanol–water partition coefficient (Wildman–Crippen LogP) is -0.208. The van der Waals surface area contributed by atoms with Crippen molar-refractivity contribution in [3.63, 3.8) is 0 Å². The molecular formula is C7H11F2NO3S. The lowest BCUT2D eigenvalue weighted by molar-refractivity contribution is -0.0951. The Kier molecular flexibility index (Phi) is 1.94. The van der Waals surface area contributed by atoms with Gasteiger partial charge in [-0.25, -0.2) is 17.2 Å². The van der Waals surface area contributed by atoms with Gasteiger partial charge in [-0.2, -0.15) is 4.31 Å². The topological polar surface area (TPSA) is 57.6 Å². The van der Waals surface area contributed by atoms with Gasteiger partial charge in [0, 0.05) is 0 Å². The molecule has 1 saturated heterocycles. The highest BCUT2D eigenvalue weighted by Gasteiger charge is 2.61. The number of nitrogens with zero attached hydrogens (tertiary/aromatic N) is 1. The molecule has 0 radical (unpaired) electrons. The van der Waals surface area contributed by atoms with Crippen molar-refractivity contribution in [2.24, 2.45) is 0 Å². The zero-order valence-corrected chi connectivity index (χ0v) is 8.23. The van der Waals surface area contributed by atoms with Crippen LogP contribution in [0, 0.1) is 0 Å². The molecule has 14 heavy (non-hydrogen) atoms. The first-order chi connectivity index (χ1) is 6.33. The molecule has 0 spiro atoms. The second-order valence-electron chi connectivity index (χ2n) is 3.97. The van der Waals surface area contributed by atoms with E-state index >= 15 is 0 Å². The molecule has 2 aliphatic rings. The van der Waals surface area contributed by atoms with E-state index in [4.69, 9.17) is 5.11 Å². The highest BCUT2D eigenvalue weighted by Crippen LogP contribution is 2.47. The minimum atomic E-state index is -3.71. The summed E-state index contributed by atoms with van der Waals surface area (Å²) in [7, 11) is -3.71. The molecule has 2 rings (SSSR count). The number of alkyl halides is 2. The molecule has 0 aromatic rings. The summed E-state index contributed by atoms with van der Waals surface area (Å²) < 4.78 is 47.8. The first-order valence-electron chi connectivity index (χ1n) is 4.31. The minimum Gasteiger partial charge on any atom is -0.395 e. The van der Waals surface area contributed by atoms with Crippen LogP contribution in [0.15, 0.2) is 0 Å². The summed E-state index contributed by atoms with van der Waals surface area (Å²) in [5, 5.41) is 8.90. The Morgan fingerprint density at radius 3 is 2.07 bits per heavy atom. The maximum absolute atomic E-state index is 12.5. The third-order valence-corrected chi connectivity index (χ3v) is 5.37. The van der Waals surface area contributed by atoms with Crippen molar-refractivity contribution in [1.29, 1.82) is 0 Å². The summed E-state index contributed by atoms with van der Waals surface area (Å²) >= 11 is 0. The smallest absolute Gasteiger partial charge is 0.275 e. The number of hydrogen-bond acceptors (Lipinski definition) is 3. The number of aliphatic hydroxyl groups excluding tert-OH is 1. The zero-order valence-electron chi connectivity index (χ0n) is 7.41. The van der Waals surface area contributed by atoms with E-state index in [1.807, 2.05) is 0 Å². The standard InChI is InChI=1S/C7H11F2NO3S/c8-7(9)3-10(4-7)14(12,13)6(5-11)1-2-6/h11H,1-5H2. The molecule has 0 aromatic carbocycles. The Labute approximate surface area is 80.6 Å². The average Bonchev–Trinajstić information content (AvgIpc) is 2.80. The van der Waals surface area contributed by atoms with Gasteiger partial charge in [0.25, 0.3) is 5.92 Å². The van der Waals surface area contributed by atoms with E-state index in [1.54, 1.807) is 0 Å². The normalized spacial score (nSPS) is 29.6. The maximum atomic E-state index is 12.5. The van der Waals surface area contributed by atoms with Gasteiger partial charge < -0.3 is 5.11 Å². The summed E-state index contributed by atoms with van der Waals surface area (Å²) in [5.41, 5.74) is 0. The Balaban J connectivity index is 2.12. The fourth-order valence-electron chi connectivity index (χ4n) is 1.55. The van der Waals surface area contributed by atoms with E-state index in [1.165, 1.54) is 0 Å². The van der Waals surface area contributed by atoms with Crippen molar-refractivity contribution in [3.05, 3.63) is 0 Å². The van der Waals surface area contributed by atoms with E-state index in [-0.39, 0.29) is 0 Å². The molecule has 2 fully saturated rings. The molecule has 0 bridgehead atoms. The van der Waals surface area contributed by atoms with Crippen LogP contribution in [0.5, 0.6) is 0 Å². The maximum Gasteiger partial charge on any atom is 0.275 e. The highest BCUT2D eigenvalue weighted by molar-refractivity contribution is 7.90. The van der Waals surface area contributed by atoms with E-state index in [0.717, 1.165) is 4.31 Å². The molecule has 0 aromatic heterocycles. The van der Waals surface area contributed by atoms with Crippen molar-refractivity contribution in [3.8, 4) is 0 Å². The lowest BCUT2D eigenvalue weighted by Gasteiger charge is -2.39. The lowest BCUT2D eigenvalue weighted by atomic mass is 10.2. The molecule has 1 aliphatic heterocycles. The van der Waals surface area contributed by atoms with Crippen LogP contribution in [0.4, 0.5) is 8.78 Å². The van der Waals surface area contributed by atoms with Crippen LogP contribution in [0.2, 0.25) is 0 Å². The number of hydrogen-bond donors (Lipinski definition) is 1. The van der Waals surface area contributed by atoms with Gasteiger partial charge in [0.1, 0.15) is 4.75 Å². The number of sulfonamides is 1. The quantitative estimate of drug-likeness (QED) is 0.726. The molecule has 1 heterocycles. The van der Waals surface area contributed by atoms with Crippen LogP contribution in [-0.4, -0.2) is 48.2 Å². The van der Waals surface area contributed by atoms with E-state index in [2.05, 4.69) is 0 Å². The first kappa shape index (κ1) is 10.3. The van der Waals surface area contributed by atoms with Gasteiger partial charge in [-0.05, 0) is 12.8 Å². The summed E-state index contributed by atoms with van der Waals surface area (Å²) in [6, 6.07) is 0. The van der Waals surface area contributed by atoms with Crippen LogP contribution in [0.3, 0.4) is 0 Å². The average molecular weight is 227 g/mol. The number of aliphatic hydroxyl groups is 1. The highest BCUT2D eigenvalue weighted by atomic mass is 32.2. The van der Waals surface area contributed by atoms with E-state index < -0.39 is 40.4 Å². The monoisotopic (exact) mass is 227 g/mol. The van der Waals surface area contributed by atoms with Gasteiger partial charge in [-0.3, -0.25) is 0 Å². The molecule has 4 nitrogen and oxygen atoms in total. The fourth-order valence-corrected chi connectivity index (χ4v) is 3.60. The fraction of sp³-hybridized carbons (Fsp3) is 1.00. The third kappa shape index (κ3) is 1.26. The first-order valence-corrected chi connectivity index (χ1v) is 5.75. The summed E-state index contributed by atoms with van der Waals surface area (Å²) in [6.07, 6.45) is 0.738. The van der Waals surface area contributed by atoms with Crippen LogP contribution < -0.4 is 0 Å². The zero-order chi connectivity index (χ0) is 10.6. The summed E-state index contributed by atoms with van der Waals surface area (Å²) in [4.78, 5) is 0. The Hall–Kier alpha value is -0.270. The van der Waals surface area contributed by atoms with Crippen LogP contribution in [-0.2, 0) is 10.0 Å². The van der Waals surface area contributed by atoms with Crippen molar-refractivity contribution in [2.75, 3.05) is 19.7 Å². The van der Waals surface area contributed by atoms with Crippen LogP contribution in [0.1, 0.15) is 12.8 Å². The van der Waals surface area contributed by atoms with Crippen molar-refractivity contribution in [1.82, 2.24) is 4.31 Å².